The topological polar surface area (TPSA) is 134 Å². The second-order valence-electron chi connectivity index (χ2n) is 1.68. The Morgan fingerprint density at radius 2 is 2.42 bits per heavy atom. The van der Waals surface area contributed by atoms with Crippen LogP contribution in [0.2, 0.25) is 0 Å². The molecule has 0 aliphatic carbocycles. The number of H-pyrrole nitrogens is 1. The van der Waals surface area contributed by atoms with Crippen LogP contribution in [0, 0.1) is 10.1 Å². The van der Waals surface area contributed by atoms with Crippen molar-refractivity contribution < 1.29 is 14.9 Å². The van der Waals surface area contributed by atoms with Gasteiger partial charge in [-0.25, -0.2) is 20.0 Å². The fourth-order valence-corrected chi connectivity index (χ4v) is 0.494. The molecule has 1 aromatic rings. The van der Waals surface area contributed by atoms with Crippen LogP contribution in [0.5, 0.6) is 0 Å². The molecule has 64 valence electrons. The van der Waals surface area contributed by atoms with Gasteiger partial charge in [0.05, 0.1) is 0 Å². The first-order valence-electron chi connectivity index (χ1n) is 2.66. The summed E-state index contributed by atoms with van der Waals surface area (Å²) in [7, 11) is 0. The van der Waals surface area contributed by atoms with Crippen LogP contribution < -0.4 is 5.43 Å². The van der Waals surface area contributed by atoms with Crippen LogP contribution in [0.15, 0.2) is 0 Å². The van der Waals surface area contributed by atoms with Crippen LogP contribution in [0.1, 0.15) is 10.6 Å². The van der Waals surface area contributed by atoms with Crippen molar-refractivity contribution in [1.82, 2.24) is 15.2 Å². The third-order valence-electron chi connectivity index (χ3n) is 0.874. The normalized spacial score (nSPS) is 9.33. The Balaban J connectivity index is 2.77. The van der Waals surface area contributed by atoms with Gasteiger partial charge in [0.25, 0.3) is 11.8 Å². The smallest absolute Gasteiger partial charge is 0.375 e. The molecule has 3 N–H and O–H groups in total. The molecule has 9 nitrogen and oxygen atoms in total. The standard InChI is InChI=1S/C3H3N5O4/c9-2(10)1-4-3(6-5-1)7-8(11)12/h(H,9,10)(H2,4,5,6,7). The number of nitrogens with one attached hydrogen (secondary N) is 2. The van der Waals surface area contributed by atoms with Crippen molar-refractivity contribution in [1.29, 1.82) is 0 Å². The van der Waals surface area contributed by atoms with Crippen molar-refractivity contribution in [2.75, 3.05) is 5.43 Å². The van der Waals surface area contributed by atoms with Gasteiger partial charge in [-0.15, -0.1) is 5.10 Å². The number of aromatic carboxylic acids is 1. The zero-order valence-corrected chi connectivity index (χ0v) is 5.51. The van der Waals surface area contributed by atoms with Gasteiger partial charge in [-0.2, -0.15) is 4.98 Å². The van der Waals surface area contributed by atoms with Crippen molar-refractivity contribution in [2.45, 2.75) is 0 Å². The highest BCUT2D eigenvalue weighted by atomic mass is 16.7. The number of rotatable bonds is 3. The lowest BCUT2D eigenvalue weighted by atomic mass is 10.6. The number of hydrogen-bond donors (Lipinski definition) is 3. The molecule has 1 heterocycles. The summed E-state index contributed by atoms with van der Waals surface area (Å²) in [5.74, 6) is -2.21. The molecule has 0 saturated heterocycles. The molecule has 0 saturated carbocycles. The van der Waals surface area contributed by atoms with Gasteiger partial charge in [-0.05, 0) is 0 Å². The van der Waals surface area contributed by atoms with E-state index in [9.17, 15) is 14.9 Å². The summed E-state index contributed by atoms with van der Waals surface area (Å²) < 4.78 is 0. The molecular formula is C3H3N5O4. The number of carbonyl (C=O) groups is 1. The Labute approximate surface area is 64.5 Å². The van der Waals surface area contributed by atoms with E-state index in [1.807, 2.05) is 5.10 Å². The quantitative estimate of drug-likeness (QED) is 0.398. The number of carboxylic acids is 1. The zero-order chi connectivity index (χ0) is 9.14. The van der Waals surface area contributed by atoms with E-state index < -0.39 is 16.8 Å². The maximum atomic E-state index is 10.2. The summed E-state index contributed by atoms with van der Waals surface area (Å²) in [6.45, 7) is 0. The van der Waals surface area contributed by atoms with Crippen molar-refractivity contribution in [3.05, 3.63) is 15.9 Å². The minimum absolute atomic E-state index is 0.322. The number of anilines is 1. The number of carboxylic acid groups (broad SMARTS) is 1. The van der Waals surface area contributed by atoms with Gasteiger partial charge in [0, 0.05) is 0 Å². The number of nitrogens with zero attached hydrogens (tertiary/aromatic N) is 3. The first-order chi connectivity index (χ1) is 5.59. The Kier molecular flexibility index (Phi) is 1.86. The van der Waals surface area contributed by atoms with E-state index in [0.717, 1.165) is 0 Å². The predicted molar refractivity (Wildman–Crippen MR) is 34.0 cm³/mol. The highest BCUT2D eigenvalue weighted by molar-refractivity contribution is 5.83. The molecule has 0 radical (unpaired) electrons. The van der Waals surface area contributed by atoms with Crippen molar-refractivity contribution in [2.24, 2.45) is 0 Å². The summed E-state index contributed by atoms with van der Waals surface area (Å²) >= 11 is 0. The first-order valence-corrected chi connectivity index (χ1v) is 2.66. The SMILES string of the molecule is O=C(O)c1n[nH]c(N[N+](=O)[O-])n1. The Morgan fingerprint density at radius 3 is 2.83 bits per heavy atom. The molecule has 0 fully saturated rings. The average molecular weight is 173 g/mol. The molecule has 0 bridgehead atoms. The van der Waals surface area contributed by atoms with E-state index in [1.165, 1.54) is 0 Å². The van der Waals surface area contributed by atoms with E-state index in [4.69, 9.17) is 5.11 Å². The fraction of sp³-hybridized carbons (Fsp3) is 0. The molecule has 9 heteroatoms. The minimum Gasteiger partial charge on any atom is -0.475 e. The van der Waals surface area contributed by atoms with Gasteiger partial charge >= 0.3 is 5.97 Å². The van der Waals surface area contributed by atoms with E-state index in [-0.39, 0.29) is 5.95 Å². The molecule has 0 unspecified atom stereocenters. The predicted octanol–water partition coefficient (Wildman–Crippen LogP) is -0.893. The molecule has 0 aliphatic rings. The molecule has 0 spiro atoms. The van der Waals surface area contributed by atoms with Crippen LogP contribution in [0.4, 0.5) is 5.95 Å². The number of nitro groups is 1. The number of aromatic amines is 1. The van der Waals surface area contributed by atoms with E-state index in [2.05, 4.69) is 10.1 Å². The highest BCUT2D eigenvalue weighted by Gasteiger charge is 2.11. The molecule has 1 aromatic heterocycles. The van der Waals surface area contributed by atoms with Gasteiger partial charge in [-0.1, -0.05) is 5.43 Å². The summed E-state index contributed by atoms with van der Waals surface area (Å²) in [6.07, 6.45) is 0. The van der Waals surface area contributed by atoms with Crippen molar-refractivity contribution in [3.63, 3.8) is 0 Å². The summed E-state index contributed by atoms with van der Waals surface area (Å²) in [6, 6.07) is 0. The van der Waals surface area contributed by atoms with E-state index in [1.54, 1.807) is 5.43 Å². The summed E-state index contributed by atoms with van der Waals surface area (Å²) in [5, 5.41) is 22.4. The van der Waals surface area contributed by atoms with Gasteiger partial charge in [0.1, 0.15) is 0 Å². The third-order valence-corrected chi connectivity index (χ3v) is 0.874. The second kappa shape index (κ2) is 2.82. The Hall–Kier alpha value is -2.19. The number of hydrogen-bond acceptors (Lipinski definition) is 5. The fourth-order valence-electron chi connectivity index (χ4n) is 0.494. The third kappa shape index (κ3) is 1.65. The van der Waals surface area contributed by atoms with Crippen molar-refractivity contribution in [3.8, 4) is 0 Å². The highest BCUT2D eigenvalue weighted by Crippen LogP contribution is 1.96. The monoisotopic (exact) mass is 173 g/mol. The van der Waals surface area contributed by atoms with Gasteiger partial charge in [0.2, 0.25) is 0 Å². The van der Waals surface area contributed by atoms with Crippen LogP contribution >= 0.6 is 0 Å². The lowest BCUT2D eigenvalue weighted by Crippen LogP contribution is -2.09. The summed E-state index contributed by atoms with van der Waals surface area (Å²) in [4.78, 5) is 23.2. The maximum absolute atomic E-state index is 10.2. The molecule has 0 aliphatic heterocycles. The zero-order valence-electron chi connectivity index (χ0n) is 5.51. The lowest BCUT2D eigenvalue weighted by Gasteiger charge is -1.85. The average Bonchev–Trinajstić information content (AvgIpc) is 2.34. The number of hydrazine groups is 1. The molecule has 1 rings (SSSR count). The number of aromatic nitrogens is 3. The van der Waals surface area contributed by atoms with Gasteiger partial charge in [0.15, 0.2) is 5.03 Å². The first kappa shape index (κ1) is 7.91. The van der Waals surface area contributed by atoms with Gasteiger partial charge in [-0.3, -0.25) is 0 Å². The largest absolute Gasteiger partial charge is 0.475 e. The van der Waals surface area contributed by atoms with Crippen LogP contribution in [-0.4, -0.2) is 31.3 Å². The molecule has 0 amide bonds. The van der Waals surface area contributed by atoms with Crippen molar-refractivity contribution >= 4 is 11.9 Å². The Bertz CT molecular complexity index is 318. The summed E-state index contributed by atoms with van der Waals surface area (Å²) in [5.41, 5.74) is 1.61. The molecule has 0 aromatic carbocycles. The maximum Gasteiger partial charge on any atom is 0.375 e. The van der Waals surface area contributed by atoms with Crippen LogP contribution in [0.25, 0.3) is 0 Å². The van der Waals surface area contributed by atoms with Crippen LogP contribution in [0.3, 0.4) is 0 Å². The molecule has 12 heavy (non-hydrogen) atoms. The second-order valence-corrected chi connectivity index (χ2v) is 1.68. The Morgan fingerprint density at radius 1 is 1.75 bits per heavy atom. The van der Waals surface area contributed by atoms with E-state index >= 15 is 0 Å². The lowest BCUT2D eigenvalue weighted by molar-refractivity contribution is -0.446. The minimum atomic E-state index is -1.36. The van der Waals surface area contributed by atoms with Gasteiger partial charge < -0.3 is 5.11 Å². The van der Waals surface area contributed by atoms with Crippen LogP contribution in [-0.2, 0) is 0 Å². The van der Waals surface area contributed by atoms with E-state index in [0.29, 0.717) is 0 Å². The molecular weight excluding hydrogens is 170 g/mol. The molecule has 0 atom stereocenters.